The molecule has 1 saturated carbocycles. The second-order valence-corrected chi connectivity index (χ2v) is 19.1. The van der Waals surface area contributed by atoms with E-state index in [2.05, 4.69) is 16.0 Å². The Morgan fingerprint density at radius 3 is 2.04 bits per heavy atom. The predicted octanol–water partition coefficient (Wildman–Crippen LogP) is 3.33. The van der Waals surface area contributed by atoms with Crippen molar-refractivity contribution in [3.05, 3.63) is 35.9 Å². The standard InChI is InChI=1S/C36H57N5O7S/c1-22-19-41(26(18-36(22,8)9)31(44)38-25(17-23-15-16-23)28(42)30(37)43)32(45)29(35(5,6)7)40-33(46)39-27(34(2,3)4)21-49(47,48)20-24-13-11-10-12-14-24/h10-14,22-23,25-27,29H,15-21H2,1-9H3,(H2,37,43)(H,38,44)(H2,39,40,46)/t22?,25?,26-,27+,29+/m0/s1. The third-order valence-electron chi connectivity index (χ3n) is 10.0. The number of benzene rings is 1. The molecule has 0 aromatic heterocycles. The van der Waals surface area contributed by atoms with Crippen molar-refractivity contribution >= 4 is 39.4 Å². The largest absolute Gasteiger partial charge is 0.363 e. The van der Waals surface area contributed by atoms with Gasteiger partial charge in [-0.05, 0) is 46.5 Å². The Morgan fingerprint density at radius 1 is 0.939 bits per heavy atom. The smallest absolute Gasteiger partial charge is 0.315 e. The molecule has 1 aliphatic heterocycles. The van der Waals surface area contributed by atoms with Crippen LogP contribution in [0.4, 0.5) is 4.79 Å². The summed E-state index contributed by atoms with van der Waals surface area (Å²) in [5, 5.41) is 8.38. The number of likely N-dealkylation sites (tertiary alicyclic amines) is 1. The summed E-state index contributed by atoms with van der Waals surface area (Å²) in [5.74, 6) is -3.30. The van der Waals surface area contributed by atoms with Gasteiger partial charge in [0.15, 0.2) is 9.84 Å². The molecular weight excluding hydrogens is 646 g/mol. The fourth-order valence-corrected chi connectivity index (χ4v) is 8.02. The number of nitrogens with one attached hydrogen (secondary N) is 3. The summed E-state index contributed by atoms with van der Waals surface area (Å²) >= 11 is 0. The van der Waals surface area contributed by atoms with Gasteiger partial charge in [0.25, 0.3) is 5.91 Å². The molecule has 2 aliphatic rings. The Bertz CT molecular complexity index is 1490. The molecule has 5 atom stereocenters. The van der Waals surface area contributed by atoms with Crippen molar-refractivity contribution in [2.75, 3.05) is 12.3 Å². The molecule has 2 unspecified atom stereocenters. The predicted molar refractivity (Wildman–Crippen MR) is 189 cm³/mol. The molecule has 12 nitrogen and oxygen atoms in total. The molecule has 1 aliphatic carbocycles. The number of Topliss-reactive ketones (excluding diaryl/α,β-unsaturated/α-hetero) is 1. The van der Waals surface area contributed by atoms with Crippen molar-refractivity contribution in [2.24, 2.45) is 33.8 Å². The molecule has 1 heterocycles. The van der Waals surface area contributed by atoms with Crippen molar-refractivity contribution in [1.82, 2.24) is 20.9 Å². The lowest BCUT2D eigenvalue weighted by Crippen LogP contribution is -2.65. The average molecular weight is 704 g/mol. The highest BCUT2D eigenvalue weighted by Gasteiger charge is 2.48. The minimum Gasteiger partial charge on any atom is -0.363 e. The molecule has 0 bridgehead atoms. The topological polar surface area (TPSA) is 185 Å². The number of piperidine rings is 1. The maximum absolute atomic E-state index is 14.4. The van der Waals surface area contributed by atoms with Crippen molar-refractivity contribution in [1.29, 1.82) is 0 Å². The van der Waals surface area contributed by atoms with E-state index in [1.54, 1.807) is 45.0 Å². The molecule has 2 fully saturated rings. The number of primary amides is 1. The minimum absolute atomic E-state index is 0.00968. The summed E-state index contributed by atoms with van der Waals surface area (Å²) in [5.41, 5.74) is 4.16. The third kappa shape index (κ3) is 11.3. The maximum Gasteiger partial charge on any atom is 0.315 e. The van der Waals surface area contributed by atoms with Gasteiger partial charge in [-0.2, -0.15) is 0 Å². The first-order valence-corrected chi connectivity index (χ1v) is 19.0. The van der Waals surface area contributed by atoms with Gasteiger partial charge in [0.2, 0.25) is 17.6 Å². The van der Waals surface area contributed by atoms with E-state index in [1.807, 2.05) is 47.6 Å². The number of carbonyl (C=O) groups excluding carboxylic acids is 5. The lowest BCUT2D eigenvalue weighted by molar-refractivity contribution is -0.151. The maximum atomic E-state index is 14.4. The van der Waals surface area contributed by atoms with Gasteiger partial charge in [-0.15, -0.1) is 0 Å². The van der Waals surface area contributed by atoms with Gasteiger partial charge in [-0.1, -0.05) is 105 Å². The van der Waals surface area contributed by atoms with Crippen LogP contribution in [0.1, 0.15) is 93.6 Å². The number of nitrogens with two attached hydrogens (primary N) is 1. The van der Waals surface area contributed by atoms with E-state index < -0.39 is 74.4 Å². The summed E-state index contributed by atoms with van der Waals surface area (Å²) in [4.78, 5) is 67.9. The molecular formula is C36H57N5O7S. The highest BCUT2D eigenvalue weighted by molar-refractivity contribution is 7.90. The molecule has 0 radical (unpaired) electrons. The number of sulfone groups is 1. The Hall–Kier alpha value is -3.48. The van der Waals surface area contributed by atoms with Gasteiger partial charge >= 0.3 is 6.03 Å². The summed E-state index contributed by atoms with van der Waals surface area (Å²) in [6, 6.07) is 4.21. The van der Waals surface area contributed by atoms with Gasteiger partial charge in [-0.25, -0.2) is 13.2 Å². The highest BCUT2D eigenvalue weighted by Crippen LogP contribution is 2.40. The number of carbonyl (C=O) groups is 5. The Morgan fingerprint density at radius 2 is 1.53 bits per heavy atom. The number of ketones is 1. The first kappa shape index (κ1) is 40.0. The van der Waals surface area contributed by atoms with Crippen molar-refractivity contribution in [2.45, 2.75) is 118 Å². The van der Waals surface area contributed by atoms with Crippen LogP contribution >= 0.6 is 0 Å². The van der Waals surface area contributed by atoms with E-state index in [-0.39, 0.29) is 35.3 Å². The molecule has 1 saturated heterocycles. The van der Waals surface area contributed by atoms with Crippen molar-refractivity contribution < 1.29 is 32.4 Å². The fraction of sp³-hybridized carbons (Fsp3) is 0.694. The van der Waals surface area contributed by atoms with Gasteiger partial charge in [0.1, 0.15) is 12.1 Å². The van der Waals surface area contributed by atoms with Crippen LogP contribution < -0.4 is 21.7 Å². The number of amides is 5. The molecule has 5 amide bonds. The van der Waals surface area contributed by atoms with Gasteiger partial charge < -0.3 is 26.6 Å². The van der Waals surface area contributed by atoms with Crippen LogP contribution in [0.5, 0.6) is 0 Å². The average Bonchev–Trinajstić information content (AvgIpc) is 3.78. The molecule has 1 aromatic rings. The van der Waals surface area contributed by atoms with Crippen LogP contribution in [0, 0.1) is 28.1 Å². The molecule has 274 valence electrons. The van der Waals surface area contributed by atoms with Crippen LogP contribution in [0.15, 0.2) is 30.3 Å². The number of rotatable bonds is 13. The fourth-order valence-electron chi connectivity index (χ4n) is 6.11. The molecule has 49 heavy (non-hydrogen) atoms. The zero-order chi connectivity index (χ0) is 37.1. The Labute approximate surface area is 292 Å². The van der Waals surface area contributed by atoms with Gasteiger partial charge in [0.05, 0.1) is 17.5 Å². The third-order valence-corrected chi connectivity index (χ3v) is 11.6. The summed E-state index contributed by atoms with van der Waals surface area (Å²) < 4.78 is 26.4. The normalized spacial score (nSPS) is 21.5. The molecule has 3 rings (SSSR count). The first-order valence-electron chi connectivity index (χ1n) is 17.2. The molecule has 5 N–H and O–H groups in total. The SMILES string of the molecule is CC1CN(C(=O)[C@@H](NC(=O)N[C@H](CS(=O)(=O)Cc2ccccc2)C(C)(C)C)C(C)(C)C)[C@H](C(=O)NC(CC2CC2)C(=O)C(N)=O)CC1(C)C. The molecule has 13 heteroatoms. The van der Waals surface area contributed by atoms with Crippen molar-refractivity contribution in [3.8, 4) is 0 Å². The summed E-state index contributed by atoms with van der Waals surface area (Å²) in [6.45, 7) is 17.1. The lowest BCUT2D eigenvalue weighted by atomic mass is 9.71. The zero-order valence-electron chi connectivity index (χ0n) is 30.6. The van der Waals surface area contributed by atoms with Crippen LogP contribution in [0.3, 0.4) is 0 Å². The van der Waals surface area contributed by atoms with Crippen LogP contribution in [0.2, 0.25) is 0 Å². The van der Waals surface area contributed by atoms with Gasteiger partial charge in [0, 0.05) is 12.6 Å². The minimum atomic E-state index is -3.63. The number of urea groups is 1. The van der Waals surface area contributed by atoms with Crippen LogP contribution in [0.25, 0.3) is 0 Å². The monoisotopic (exact) mass is 703 g/mol. The molecule has 1 aromatic carbocycles. The zero-order valence-corrected chi connectivity index (χ0v) is 31.4. The summed E-state index contributed by atoms with van der Waals surface area (Å²) in [6.07, 6.45) is 2.39. The van der Waals surface area contributed by atoms with Gasteiger partial charge in [-0.3, -0.25) is 19.2 Å². The second kappa shape index (κ2) is 15.2. The summed E-state index contributed by atoms with van der Waals surface area (Å²) in [7, 11) is -3.63. The number of nitrogens with zero attached hydrogens (tertiary/aromatic N) is 1. The van der Waals surface area contributed by atoms with E-state index in [1.165, 1.54) is 4.90 Å². The van der Waals surface area contributed by atoms with E-state index in [4.69, 9.17) is 5.73 Å². The number of hydrogen-bond acceptors (Lipinski definition) is 7. The first-order chi connectivity index (χ1) is 22.4. The van der Waals surface area contributed by atoms with E-state index in [9.17, 15) is 32.4 Å². The van der Waals surface area contributed by atoms with Crippen LogP contribution in [-0.2, 0) is 34.8 Å². The highest BCUT2D eigenvalue weighted by atomic mass is 32.2. The van der Waals surface area contributed by atoms with Crippen molar-refractivity contribution in [3.63, 3.8) is 0 Å². The molecule has 0 spiro atoms. The van der Waals surface area contributed by atoms with E-state index in [0.717, 1.165) is 12.8 Å². The van der Waals surface area contributed by atoms with E-state index in [0.29, 0.717) is 18.4 Å². The second-order valence-electron chi connectivity index (χ2n) is 16.9. The Balaban J connectivity index is 1.85. The Kier molecular flexibility index (Phi) is 12.4. The lowest BCUT2D eigenvalue weighted by Gasteiger charge is -2.48. The number of hydrogen-bond donors (Lipinski definition) is 4. The van der Waals surface area contributed by atoms with E-state index >= 15 is 0 Å². The quantitative estimate of drug-likeness (QED) is 0.227. The van der Waals surface area contributed by atoms with Crippen LogP contribution in [-0.4, -0.2) is 79.3 Å².